The first-order valence-electron chi connectivity index (χ1n) is 10.3. The average molecular weight is 456 g/mol. The van der Waals surface area contributed by atoms with E-state index in [1.807, 2.05) is 23.1 Å². The van der Waals surface area contributed by atoms with Gasteiger partial charge in [0, 0.05) is 43.2 Å². The largest absolute Gasteiger partial charge is 0.495 e. The number of rotatable bonds is 6. The Morgan fingerprint density at radius 3 is 2.66 bits per heavy atom. The number of benzene rings is 2. The number of methoxy groups -OCH3 is 1. The fourth-order valence-corrected chi connectivity index (χ4v) is 4.13. The first-order valence-corrected chi connectivity index (χ1v) is 10.6. The predicted octanol–water partition coefficient (Wildman–Crippen LogP) is 4.76. The molecule has 2 aromatic carbocycles. The monoisotopic (exact) mass is 455 g/mol. The molecule has 0 unspecified atom stereocenters. The molecule has 0 spiro atoms. The minimum atomic E-state index is -1.54. The third-order valence-corrected chi connectivity index (χ3v) is 6.09. The van der Waals surface area contributed by atoms with Crippen molar-refractivity contribution >= 4 is 39.7 Å². The molecule has 0 radical (unpaired) electrons. The second-order valence-corrected chi connectivity index (χ2v) is 8.24. The zero-order chi connectivity index (χ0) is 22.7. The average Bonchev–Trinajstić information content (AvgIpc) is 2.83. The summed E-state index contributed by atoms with van der Waals surface area (Å²) in [6.45, 7) is 8.22. The summed E-state index contributed by atoms with van der Waals surface area (Å²) in [6.07, 6.45) is 0.454. The van der Waals surface area contributed by atoms with Gasteiger partial charge in [0.2, 0.25) is 0 Å². The molecule has 4 rings (SSSR count). The van der Waals surface area contributed by atoms with Crippen LogP contribution in [0.25, 0.3) is 15.6 Å². The van der Waals surface area contributed by atoms with E-state index in [1.54, 1.807) is 25.3 Å². The Morgan fingerprint density at radius 1 is 1.22 bits per heavy atom. The molecule has 3 aromatic rings. The van der Waals surface area contributed by atoms with Crippen molar-refractivity contribution < 1.29 is 14.2 Å². The number of aromatic nitrogens is 2. The lowest BCUT2D eigenvalue weighted by Gasteiger charge is -2.36. The number of piperidine rings is 1. The van der Waals surface area contributed by atoms with E-state index in [0.717, 1.165) is 16.3 Å². The molecule has 0 aliphatic carbocycles. The van der Waals surface area contributed by atoms with Gasteiger partial charge in [0.05, 0.1) is 25.3 Å². The summed E-state index contributed by atoms with van der Waals surface area (Å²) in [6, 6.07) is 10.9. The van der Waals surface area contributed by atoms with E-state index in [1.165, 1.54) is 0 Å². The molecule has 32 heavy (non-hydrogen) atoms. The van der Waals surface area contributed by atoms with Gasteiger partial charge in [-0.05, 0) is 23.8 Å². The topological polar surface area (TPSA) is 74.9 Å². The zero-order valence-electron chi connectivity index (χ0n) is 17.6. The summed E-state index contributed by atoms with van der Waals surface area (Å²) in [7, 11) is 1.57. The third-order valence-electron chi connectivity index (χ3n) is 5.79. The fraction of sp³-hybridized carbons (Fsp3) is 0.348. The number of alkyl halides is 1. The minimum absolute atomic E-state index is 0.227. The lowest BCUT2D eigenvalue weighted by molar-refractivity contribution is 0.0480. The van der Waals surface area contributed by atoms with E-state index in [9.17, 15) is 9.50 Å². The van der Waals surface area contributed by atoms with Gasteiger partial charge in [0.1, 0.15) is 11.4 Å². The van der Waals surface area contributed by atoms with Gasteiger partial charge in [-0.1, -0.05) is 29.8 Å². The molecule has 0 saturated carbocycles. The number of ether oxygens (including phenoxy) is 1. The van der Waals surface area contributed by atoms with Crippen LogP contribution in [0.3, 0.4) is 0 Å². The standard InChI is InChI=1S/C23H23ClFN5O2/c1-26-16-4-5-17-18(12-16)21(27-13-15-3-6-20(32-2)19(24)11-15)28-29-22(17)30-9-7-23(25,14-31)8-10-30/h3-6,11-12,31H,7-10,13-14H2,2H3,(H,27,28). The van der Waals surface area contributed by atoms with Gasteiger partial charge >= 0.3 is 0 Å². The van der Waals surface area contributed by atoms with Crippen molar-refractivity contribution in [1.29, 1.82) is 0 Å². The zero-order valence-corrected chi connectivity index (χ0v) is 18.4. The van der Waals surface area contributed by atoms with Crippen molar-refractivity contribution in [2.24, 2.45) is 0 Å². The van der Waals surface area contributed by atoms with Crippen molar-refractivity contribution in [3.8, 4) is 5.75 Å². The number of hydrogen-bond donors (Lipinski definition) is 2. The van der Waals surface area contributed by atoms with Crippen LogP contribution in [-0.2, 0) is 6.54 Å². The van der Waals surface area contributed by atoms with Crippen LogP contribution in [0.1, 0.15) is 18.4 Å². The summed E-state index contributed by atoms with van der Waals surface area (Å²) in [5.41, 5.74) is -0.109. The molecule has 2 heterocycles. The predicted molar refractivity (Wildman–Crippen MR) is 124 cm³/mol. The number of nitrogens with zero attached hydrogens (tertiary/aromatic N) is 4. The van der Waals surface area contributed by atoms with E-state index < -0.39 is 12.3 Å². The molecule has 1 fully saturated rings. The van der Waals surface area contributed by atoms with Crippen LogP contribution in [0.4, 0.5) is 21.7 Å². The summed E-state index contributed by atoms with van der Waals surface area (Å²) in [5.74, 6) is 1.80. The molecule has 1 aliphatic heterocycles. The molecule has 7 nitrogen and oxygen atoms in total. The van der Waals surface area contributed by atoms with Crippen LogP contribution < -0.4 is 15.0 Å². The number of hydrogen-bond acceptors (Lipinski definition) is 6. The van der Waals surface area contributed by atoms with Crippen molar-refractivity contribution in [2.45, 2.75) is 25.1 Å². The van der Waals surface area contributed by atoms with Crippen molar-refractivity contribution in [3.05, 3.63) is 58.4 Å². The van der Waals surface area contributed by atoms with Crippen molar-refractivity contribution in [2.75, 3.05) is 37.0 Å². The molecule has 166 valence electrons. The molecule has 1 saturated heterocycles. The molecule has 1 aliphatic rings. The SMILES string of the molecule is [C-]#[N+]c1ccc2c(N3CCC(F)(CO)CC3)nnc(NCc3ccc(OC)c(Cl)c3)c2c1. The number of aliphatic hydroxyl groups excluding tert-OH is 1. The van der Waals surface area contributed by atoms with E-state index in [0.29, 0.717) is 47.7 Å². The van der Waals surface area contributed by atoms with E-state index in [2.05, 4.69) is 20.4 Å². The van der Waals surface area contributed by atoms with Gasteiger partial charge < -0.3 is 20.1 Å². The highest BCUT2D eigenvalue weighted by Gasteiger charge is 2.34. The highest BCUT2D eigenvalue weighted by Crippen LogP contribution is 2.35. The van der Waals surface area contributed by atoms with Crippen LogP contribution in [0, 0.1) is 6.57 Å². The maximum absolute atomic E-state index is 14.4. The van der Waals surface area contributed by atoms with Crippen LogP contribution in [0.2, 0.25) is 5.02 Å². The van der Waals surface area contributed by atoms with Gasteiger partial charge in [-0.3, -0.25) is 0 Å². The van der Waals surface area contributed by atoms with Gasteiger partial charge in [0.15, 0.2) is 17.3 Å². The first kappa shape index (κ1) is 22.1. The summed E-state index contributed by atoms with van der Waals surface area (Å²) < 4.78 is 19.6. The van der Waals surface area contributed by atoms with Crippen LogP contribution >= 0.6 is 11.6 Å². The molecule has 0 bridgehead atoms. The quantitative estimate of drug-likeness (QED) is 0.522. The Balaban J connectivity index is 1.63. The van der Waals surface area contributed by atoms with Crippen LogP contribution in [0.15, 0.2) is 36.4 Å². The second-order valence-electron chi connectivity index (χ2n) is 7.83. The Kier molecular flexibility index (Phi) is 6.31. The Hall–Kier alpha value is -3.15. The summed E-state index contributed by atoms with van der Waals surface area (Å²) >= 11 is 6.22. The lowest BCUT2D eigenvalue weighted by atomic mass is 9.94. The number of nitrogens with one attached hydrogen (secondary N) is 1. The molecule has 2 N–H and O–H groups in total. The smallest absolute Gasteiger partial charge is 0.188 e. The van der Waals surface area contributed by atoms with Crippen molar-refractivity contribution in [1.82, 2.24) is 10.2 Å². The third kappa shape index (κ3) is 4.40. The molecule has 0 amide bonds. The molecule has 1 aromatic heterocycles. The highest BCUT2D eigenvalue weighted by atomic mass is 35.5. The number of anilines is 2. The van der Waals surface area contributed by atoms with E-state index >= 15 is 0 Å². The van der Waals surface area contributed by atoms with Gasteiger partial charge in [-0.25, -0.2) is 9.24 Å². The highest BCUT2D eigenvalue weighted by molar-refractivity contribution is 6.32. The fourth-order valence-electron chi connectivity index (χ4n) is 3.84. The summed E-state index contributed by atoms with van der Waals surface area (Å²) in [5, 5.41) is 23.5. The molecule has 9 heteroatoms. The van der Waals surface area contributed by atoms with Crippen molar-refractivity contribution in [3.63, 3.8) is 0 Å². The second kappa shape index (κ2) is 9.15. The number of fused-ring (bicyclic) bond motifs is 1. The van der Waals surface area contributed by atoms with E-state index in [4.69, 9.17) is 22.9 Å². The minimum Gasteiger partial charge on any atom is -0.495 e. The molecular formula is C23H23ClFN5O2. The van der Waals surface area contributed by atoms with Crippen LogP contribution in [0.5, 0.6) is 5.75 Å². The lowest BCUT2D eigenvalue weighted by Crippen LogP contribution is -2.44. The normalized spacial score (nSPS) is 15.4. The molecule has 0 atom stereocenters. The Bertz CT molecular complexity index is 1170. The van der Waals surface area contributed by atoms with Gasteiger partial charge in [0.25, 0.3) is 0 Å². The summed E-state index contributed by atoms with van der Waals surface area (Å²) in [4.78, 5) is 5.51. The maximum Gasteiger partial charge on any atom is 0.188 e. The van der Waals surface area contributed by atoms with E-state index in [-0.39, 0.29) is 12.8 Å². The van der Waals surface area contributed by atoms with Crippen LogP contribution in [-0.4, -0.2) is 47.8 Å². The van der Waals surface area contributed by atoms with Gasteiger partial charge in [-0.2, -0.15) is 0 Å². The first-order chi connectivity index (χ1) is 15.5. The Morgan fingerprint density at radius 2 is 2.00 bits per heavy atom. The Labute approximate surface area is 190 Å². The number of halogens is 2. The maximum atomic E-state index is 14.4. The van der Waals surface area contributed by atoms with Gasteiger partial charge in [-0.15, -0.1) is 10.2 Å². The number of aliphatic hydroxyl groups is 1. The molecular weight excluding hydrogens is 433 g/mol.